The highest BCUT2D eigenvalue weighted by Crippen LogP contribution is 2.24. The number of rotatable bonds is 22. The van der Waals surface area contributed by atoms with Crippen LogP contribution in [0.5, 0.6) is 11.5 Å². The van der Waals surface area contributed by atoms with Crippen LogP contribution in [0.25, 0.3) is 16.7 Å². The Labute approximate surface area is 833 Å². The number of carbonyl (C=O) groups excluding carboxylic acids is 8. The molecule has 32 nitrogen and oxygen atoms in total. The van der Waals surface area contributed by atoms with Gasteiger partial charge in [-0.2, -0.15) is 0 Å². The van der Waals surface area contributed by atoms with Crippen LogP contribution in [0.1, 0.15) is 130 Å². The van der Waals surface area contributed by atoms with Crippen LogP contribution < -0.4 is 37.5 Å². The number of esters is 3. The van der Waals surface area contributed by atoms with E-state index in [0.717, 1.165) is 111 Å². The Morgan fingerprint density at radius 3 is 1.32 bits per heavy atom. The number of aliphatic hydroxyl groups is 3. The number of halogens is 5. The van der Waals surface area contributed by atoms with Crippen LogP contribution in [-0.4, -0.2) is 203 Å². The van der Waals surface area contributed by atoms with E-state index in [1.54, 1.807) is 79.2 Å². The molecule has 3 fully saturated rings. The molecule has 4 atom stereocenters. The van der Waals surface area contributed by atoms with Crippen LogP contribution in [0.15, 0.2) is 276 Å². The summed E-state index contributed by atoms with van der Waals surface area (Å²) in [7, 11) is 0. The number of benzene rings is 6. The van der Waals surface area contributed by atoms with Gasteiger partial charge >= 0.3 is 30.1 Å². The first kappa shape index (κ1) is 121. The third kappa shape index (κ3) is 57.7. The summed E-state index contributed by atoms with van der Waals surface area (Å²) >= 11 is 26.7. The first-order valence-corrected chi connectivity index (χ1v) is 45.7. The van der Waals surface area contributed by atoms with Crippen molar-refractivity contribution in [3.05, 3.63) is 319 Å². The number of anilines is 2. The lowest BCUT2D eigenvalue weighted by Crippen LogP contribution is -2.50. The monoisotopic (exact) mass is 2000 g/mol. The van der Waals surface area contributed by atoms with Crippen LogP contribution in [0.2, 0.25) is 20.6 Å². The highest BCUT2D eigenvalue weighted by molar-refractivity contribution is 6.66. The van der Waals surface area contributed by atoms with Crippen molar-refractivity contribution < 1.29 is 86.8 Å². The number of nitrogens with one attached hydrogen (secondary N) is 4. The molecular formula is C101H127Cl5N14O18. The van der Waals surface area contributed by atoms with E-state index in [2.05, 4.69) is 70.9 Å². The van der Waals surface area contributed by atoms with Gasteiger partial charge in [-0.15, -0.1) is 0 Å². The molecule has 0 bridgehead atoms. The van der Waals surface area contributed by atoms with Crippen molar-refractivity contribution in [3.8, 4) is 11.5 Å². The maximum absolute atomic E-state index is 12.0. The van der Waals surface area contributed by atoms with Gasteiger partial charge in [0.1, 0.15) is 79.5 Å². The first-order chi connectivity index (χ1) is 65.9. The summed E-state index contributed by atoms with van der Waals surface area (Å²) in [4.78, 5) is 115. The van der Waals surface area contributed by atoms with Crippen molar-refractivity contribution >= 4 is 134 Å². The molecule has 11 N–H and O–H groups in total. The Kier molecular flexibility index (Phi) is 62.5. The van der Waals surface area contributed by atoms with E-state index in [0.29, 0.717) is 94.9 Å². The van der Waals surface area contributed by atoms with Gasteiger partial charge in [-0.1, -0.05) is 224 Å². The van der Waals surface area contributed by atoms with Gasteiger partial charge in [0.15, 0.2) is 6.29 Å². The second-order valence-electron chi connectivity index (χ2n) is 30.6. The predicted molar refractivity (Wildman–Crippen MR) is 543 cm³/mol. The molecule has 6 heterocycles. The zero-order chi connectivity index (χ0) is 102. The number of para-hydroxylation sites is 2. The highest BCUT2D eigenvalue weighted by atomic mass is 35.5. The standard InChI is InChI=1S/C15H14ClN3O2.C13H22N2O3.C12H10O.C11H14O3.C11H12O3.C10H20N2O2.C10H12O2.C8H14N2O.C4H2Cl2N2.C4H4ClN3.C3H3ClO/c1-2-21-15(20)12(11-6-4-3-5-7-11)9-17-14-8-13(16)18-10-19-14;1-5-11(16)15-8-6-7-10(9-15)14-12(17)18-13(2,3)4;1-3-7-11(8-4-1)13-12-9-5-2-6-10-12;2*1-2-14-11(13)10(8-12)9-6-4-3-5-7-9;1-10(2,3)14-9(13)12-8-5-4-6-11-7-8;1-2-12-10(11)8-9-6-4-3-5-7-9;1-2-8(11)10-5-3-4-7(9)6-10;2*5-3-1-4(6)8-2-7-3;1-2-3(4)5/h3-10H,2H2,1H3,(H,17,18,19);5,10H,1,6-9H2,2-4H3,(H,14,17);1-10H;3-8,11-13H,2H2,1H3;3-8,12H,2H2,1H3;8,11H,4-7H2,1-3H3,(H,12,13);3-7H,2,8H2,1H3;2,7H,1,3-6,9H2;1-2H;1-2H,(H2,6,7,8);2H,1H2/b12-9+;;;2*10-8-;;;;;;/t;10-;;;;8-;;7-;;;/m.1...1.1.../s1. The number of aliphatic hydroxyl groups excluding tert-OH is 3. The summed E-state index contributed by atoms with van der Waals surface area (Å²) in [5.74, 6) is 1.45. The number of carbonyl (C=O) groups is 8. The lowest BCUT2D eigenvalue weighted by molar-refractivity contribution is -0.142. The third-order valence-electron chi connectivity index (χ3n) is 17.3. The second-order valence-corrected chi connectivity index (χ2v) is 32.5. The number of allylic oxidation sites excluding steroid dienone is 1. The second kappa shape index (κ2) is 71.4. The Morgan fingerprint density at radius 2 is 0.928 bits per heavy atom. The van der Waals surface area contributed by atoms with E-state index in [4.69, 9.17) is 113 Å². The molecule has 4 amide bonds. The molecule has 0 saturated carbocycles. The summed E-state index contributed by atoms with van der Waals surface area (Å²) in [6, 6.07) is 61.2. The van der Waals surface area contributed by atoms with E-state index >= 15 is 0 Å². The topological polar surface area (TPSA) is 446 Å². The molecule has 0 radical (unpaired) electrons. The Balaban J connectivity index is 0.000000521. The number of alkyl carbamates (subject to hydrolysis) is 2. The molecule has 6 aromatic carbocycles. The van der Waals surface area contributed by atoms with Crippen molar-refractivity contribution in [2.75, 3.05) is 76.7 Å². The maximum Gasteiger partial charge on any atom is 0.407 e. The summed E-state index contributed by atoms with van der Waals surface area (Å²) < 4.78 is 35.6. The van der Waals surface area contributed by atoms with Crippen molar-refractivity contribution in [2.45, 2.75) is 150 Å². The molecule has 1 unspecified atom stereocenters. The minimum absolute atomic E-state index is 0.000139. The SMILES string of the molecule is C=CC(=O)Cl.C=CC(=O)N1CCC[C@@H](N)C1.C=CC(=O)N1CCC[C@@H](NC(=O)OC(C)(C)C)C1.CC(C)(C)OC(=O)N[C@@H]1CCCNC1.CCOC(=O)/C(=C/Nc1cc(Cl)ncn1)c1ccccc1.CCOC(=O)/C(=C\O)c1ccccc1.CCOC(=O)Cc1ccccc1.CCOC(O)/C(=C\O)c1ccccc1.Clc1cc(Cl)ncn1.Nc1cc(Cl)ncn1.c1ccc(Oc2ccccc2)cc1. The van der Waals surface area contributed by atoms with Crippen LogP contribution in [0.4, 0.5) is 21.2 Å². The van der Waals surface area contributed by atoms with E-state index < -0.39 is 40.8 Å². The quantitative estimate of drug-likeness (QED) is 0.00579. The lowest BCUT2D eigenvalue weighted by Gasteiger charge is -2.33. The predicted octanol–water partition coefficient (Wildman–Crippen LogP) is 19.0. The van der Waals surface area contributed by atoms with E-state index in [-0.39, 0.29) is 47.6 Å². The molecule has 3 aliphatic rings. The molecule has 3 saturated heterocycles. The van der Waals surface area contributed by atoms with E-state index in [1.807, 2.05) is 194 Å². The number of nitrogen functional groups attached to an aromatic ring is 1. The number of nitrogens with zero attached hydrogens (tertiary/aromatic N) is 8. The average Bonchev–Trinajstić information content (AvgIpc) is 0.871. The number of hydrogen-bond donors (Lipinski definition) is 9. The van der Waals surface area contributed by atoms with Gasteiger partial charge in [0.25, 0.3) is 0 Å². The number of piperidine rings is 3. The molecule has 3 aliphatic heterocycles. The normalized spacial score (nSPS) is 14.2. The Hall–Kier alpha value is -13.2. The van der Waals surface area contributed by atoms with Gasteiger partial charge in [-0.05, 0) is 191 Å². The van der Waals surface area contributed by atoms with Gasteiger partial charge in [0, 0.05) is 87.4 Å². The van der Waals surface area contributed by atoms with Crippen molar-refractivity contribution in [3.63, 3.8) is 0 Å². The first-order valence-electron chi connectivity index (χ1n) is 43.8. The Bertz CT molecular complexity index is 5010. The fourth-order valence-electron chi connectivity index (χ4n) is 11.3. The molecule has 9 aromatic rings. The van der Waals surface area contributed by atoms with Gasteiger partial charge in [0.2, 0.25) is 17.1 Å². The summed E-state index contributed by atoms with van der Waals surface area (Å²) in [5.41, 5.74) is 14.1. The zero-order valence-electron chi connectivity index (χ0n) is 79.3. The number of ether oxygens (including phenoxy) is 7. The van der Waals surface area contributed by atoms with E-state index in [1.165, 1.54) is 43.3 Å². The van der Waals surface area contributed by atoms with Gasteiger partial charge in [0.05, 0.1) is 44.3 Å². The number of nitrogens with two attached hydrogens (primary N) is 2. The molecule has 0 aliphatic carbocycles. The minimum atomic E-state index is -1.08. The maximum atomic E-state index is 12.0. The molecule has 12 rings (SSSR count). The number of amides is 4. The van der Waals surface area contributed by atoms with Crippen molar-refractivity contribution in [1.82, 2.24) is 55.7 Å². The zero-order valence-corrected chi connectivity index (χ0v) is 83.1. The van der Waals surface area contributed by atoms with Crippen LogP contribution in [-0.2, 0) is 63.6 Å². The summed E-state index contributed by atoms with van der Waals surface area (Å²) in [6.45, 7) is 34.2. The van der Waals surface area contributed by atoms with Gasteiger partial charge < -0.3 is 91.0 Å². The number of aromatic nitrogens is 6. The van der Waals surface area contributed by atoms with Crippen LogP contribution >= 0.6 is 58.0 Å². The molecule has 3 aromatic heterocycles. The minimum Gasteiger partial charge on any atom is -0.515 e. The van der Waals surface area contributed by atoms with Crippen LogP contribution in [0, 0.1) is 0 Å². The lowest BCUT2D eigenvalue weighted by atomic mass is 10.1. The fraction of sp³-hybridized carbons (Fsp3) is 0.327. The molecular weight excluding hydrogens is 1870 g/mol. The van der Waals surface area contributed by atoms with E-state index in [9.17, 15) is 43.5 Å². The summed E-state index contributed by atoms with van der Waals surface area (Å²) in [5, 5.41) is 40.1. The van der Waals surface area contributed by atoms with Gasteiger partial charge in [-0.25, -0.2) is 49.1 Å². The average molecular weight is 2000 g/mol. The highest BCUT2D eigenvalue weighted by Gasteiger charge is 2.27. The Morgan fingerprint density at radius 1 is 0.514 bits per heavy atom. The van der Waals surface area contributed by atoms with Gasteiger partial charge in [-0.3, -0.25) is 19.2 Å². The number of hydrogen-bond acceptors (Lipinski definition) is 28. The smallest absolute Gasteiger partial charge is 0.407 e. The number of likely N-dealkylation sites (tertiary alicyclic amines) is 2. The van der Waals surface area contributed by atoms with Crippen molar-refractivity contribution in [1.29, 1.82) is 0 Å². The van der Waals surface area contributed by atoms with Crippen molar-refractivity contribution in [2.24, 2.45) is 5.73 Å². The van der Waals surface area contributed by atoms with Crippen LogP contribution in [0.3, 0.4) is 0 Å². The largest absolute Gasteiger partial charge is 0.515 e. The molecule has 0 spiro atoms. The molecule has 37 heteroatoms. The molecule has 138 heavy (non-hydrogen) atoms. The third-order valence-corrected chi connectivity index (χ3v) is 18.3. The summed E-state index contributed by atoms with van der Waals surface area (Å²) in [6.07, 6.45) is 15.3. The fourth-order valence-corrected chi connectivity index (χ4v) is 12.0. The molecule has 744 valence electrons.